The molecule has 0 radical (unpaired) electrons. The van der Waals surface area contributed by atoms with Crippen LogP contribution in [-0.2, 0) is 0 Å². The van der Waals surface area contributed by atoms with Gasteiger partial charge in [0.2, 0.25) is 0 Å². The normalized spacial score (nSPS) is 10.1. The molecule has 0 unspecified atom stereocenters. The number of hydrogen-bond donors (Lipinski definition) is 0. The van der Waals surface area contributed by atoms with Crippen LogP contribution < -0.4 is 0 Å². The van der Waals surface area contributed by atoms with Crippen LogP contribution in [0.3, 0.4) is 0 Å². The van der Waals surface area contributed by atoms with Crippen molar-refractivity contribution in [3.05, 3.63) is 40.9 Å². The Hall–Kier alpha value is -0.860. The van der Waals surface area contributed by atoms with Gasteiger partial charge in [-0.05, 0) is 29.2 Å². The lowest BCUT2D eigenvalue weighted by Crippen LogP contribution is -1.71. The number of nitrogens with zero attached hydrogens (tertiary/aromatic N) is 1. The maximum Gasteiger partial charge on any atom is 0.0485 e. The summed E-state index contributed by atoms with van der Waals surface area (Å²) in [5.41, 5.74) is 2.31. The summed E-state index contributed by atoms with van der Waals surface area (Å²) in [5, 5.41) is 2.78. The summed E-state index contributed by atoms with van der Waals surface area (Å²) in [5.74, 6) is 0. The molecule has 0 aliphatic carbocycles. The predicted octanol–water partition coefficient (Wildman–Crippen LogP) is 3.46. The van der Waals surface area contributed by atoms with Crippen molar-refractivity contribution in [2.75, 3.05) is 0 Å². The van der Waals surface area contributed by atoms with Crippen LogP contribution in [-0.4, -0.2) is 4.37 Å². The number of benzene rings is 1. The first-order chi connectivity index (χ1) is 5.86. The zero-order valence-electron chi connectivity index (χ0n) is 6.20. The average molecular weight is 196 g/mol. The predicted molar refractivity (Wildman–Crippen MR) is 52.6 cm³/mol. The highest BCUT2D eigenvalue weighted by molar-refractivity contribution is 7.03. The first-order valence-electron chi connectivity index (χ1n) is 3.51. The first-order valence-corrected chi connectivity index (χ1v) is 4.73. The molecule has 1 aromatic heterocycles. The Morgan fingerprint density at radius 2 is 1.83 bits per heavy atom. The van der Waals surface area contributed by atoms with Crippen LogP contribution >= 0.6 is 23.1 Å². The maximum absolute atomic E-state index is 5.76. The van der Waals surface area contributed by atoms with Crippen molar-refractivity contribution in [2.24, 2.45) is 0 Å². The summed E-state index contributed by atoms with van der Waals surface area (Å²) < 4.78 is 4.03. The summed E-state index contributed by atoms with van der Waals surface area (Å²) >= 11 is 7.22. The molecule has 0 saturated heterocycles. The van der Waals surface area contributed by atoms with Gasteiger partial charge in [0.15, 0.2) is 0 Å². The van der Waals surface area contributed by atoms with Crippen molar-refractivity contribution in [1.82, 2.24) is 4.37 Å². The smallest absolute Gasteiger partial charge is 0.0485 e. The van der Waals surface area contributed by atoms with Crippen LogP contribution in [0.5, 0.6) is 0 Å². The van der Waals surface area contributed by atoms with Crippen LogP contribution in [0, 0.1) is 0 Å². The summed E-state index contributed by atoms with van der Waals surface area (Å²) in [6.07, 6.45) is 1.86. The lowest BCUT2D eigenvalue weighted by atomic mass is 10.1. The Labute approximate surface area is 79.8 Å². The van der Waals surface area contributed by atoms with Gasteiger partial charge in [0.25, 0.3) is 0 Å². The Kier molecular flexibility index (Phi) is 2.11. The Morgan fingerprint density at radius 3 is 2.42 bits per heavy atom. The molecule has 2 rings (SSSR count). The number of hydrogen-bond acceptors (Lipinski definition) is 2. The van der Waals surface area contributed by atoms with Gasteiger partial charge in [0.1, 0.15) is 0 Å². The summed E-state index contributed by atoms with van der Waals surface area (Å²) in [4.78, 5) is 0. The maximum atomic E-state index is 5.76. The number of rotatable bonds is 1. The van der Waals surface area contributed by atoms with E-state index in [9.17, 15) is 0 Å². The van der Waals surface area contributed by atoms with Gasteiger partial charge in [-0.1, -0.05) is 23.7 Å². The highest BCUT2D eigenvalue weighted by atomic mass is 35.5. The van der Waals surface area contributed by atoms with Crippen LogP contribution in [0.15, 0.2) is 35.8 Å². The Morgan fingerprint density at radius 1 is 1.08 bits per heavy atom. The fraction of sp³-hybridized carbons (Fsp3) is 0. The lowest BCUT2D eigenvalue weighted by Gasteiger charge is -1.95. The van der Waals surface area contributed by atoms with Gasteiger partial charge in [0.05, 0.1) is 0 Å². The van der Waals surface area contributed by atoms with E-state index in [1.54, 1.807) is 0 Å². The van der Waals surface area contributed by atoms with Crippen LogP contribution in [0.4, 0.5) is 0 Å². The van der Waals surface area contributed by atoms with Crippen LogP contribution in [0.25, 0.3) is 11.1 Å². The second kappa shape index (κ2) is 3.25. The zero-order valence-corrected chi connectivity index (χ0v) is 7.77. The van der Waals surface area contributed by atoms with Gasteiger partial charge >= 0.3 is 0 Å². The molecule has 0 fully saturated rings. The van der Waals surface area contributed by atoms with E-state index in [4.69, 9.17) is 11.6 Å². The molecule has 0 atom stereocenters. The minimum Gasteiger partial charge on any atom is -0.201 e. The molecular formula is C9H6ClNS. The molecule has 0 bridgehead atoms. The Balaban J connectivity index is 2.43. The van der Waals surface area contributed by atoms with E-state index >= 15 is 0 Å². The molecule has 3 heteroatoms. The topological polar surface area (TPSA) is 12.9 Å². The minimum absolute atomic E-state index is 0.766. The van der Waals surface area contributed by atoms with Crippen molar-refractivity contribution < 1.29 is 0 Å². The van der Waals surface area contributed by atoms with E-state index in [1.165, 1.54) is 11.5 Å². The van der Waals surface area contributed by atoms with E-state index in [0.717, 1.165) is 16.1 Å². The lowest BCUT2D eigenvalue weighted by molar-refractivity contribution is 1.56. The molecule has 1 aromatic carbocycles. The number of halogens is 1. The van der Waals surface area contributed by atoms with Gasteiger partial charge in [-0.3, -0.25) is 0 Å². The SMILES string of the molecule is Clc1ccc(-c2cnsc2)cc1. The minimum atomic E-state index is 0.766. The van der Waals surface area contributed by atoms with Crippen LogP contribution in [0.2, 0.25) is 5.02 Å². The molecule has 1 heterocycles. The van der Waals surface area contributed by atoms with Crippen molar-refractivity contribution in [3.8, 4) is 11.1 Å². The quantitative estimate of drug-likeness (QED) is 0.679. The Bertz CT molecular complexity index is 353. The second-order valence-electron chi connectivity index (χ2n) is 2.42. The van der Waals surface area contributed by atoms with Gasteiger partial charge in [-0.2, -0.15) is 0 Å². The largest absolute Gasteiger partial charge is 0.201 e. The number of aromatic nitrogens is 1. The molecule has 12 heavy (non-hydrogen) atoms. The molecule has 60 valence electrons. The third-order valence-electron chi connectivity index (χ3n) is 1.61. The van der Waals surface area contributed by atoms with Crippen molar-refractivity contribution in [1.29, 1.82) is 0 Å². The second-order valence-corrected chi connectivity index (χ2v) is 3.51. The summed E-state index contributed by atoms with van der Waals surface area (Å²) in [7, 11) is 0. The van der Waals surface area contributed by atoms with Gasteiger partial charge in [0, 0.05) is 22.2 Å². The van der Waals surface area contributed by atoms with Gasteiger partial charge < -0.3 is 0 Å². The average Bonchev–Trinajstić information content (AvgIpc) is 2.58. The molecule has 0 aliphatic rings. The fourth-order valence-corrected chi connectivity index (χ4v) is 1.66. The third-order valence-corrected chi connectivity index (χ3v) is 2.45. The van der Waals surface area contributed by atoms with Crippen molar-refractivity contribution in [2.45, 2.75) is 0 Å². The van der Waals surface area contributed by atoms with E-state index in [0.29, 0.717) is 0 Å². The molecule has 0 spiro atoms. The monoisotopic (exact) mass is 195 g/mol. The molecule has 0 saturated carbocycles. The van der Waals surface area contributed by atoms with Gasteiger partial charge in [-0.25, -0.2) is 4.37 Å². The molecule has 0 N–H and O–H groups in total. The third kappa shape index (κ3) is 1.49. The molecule has 2 aromatic rings. The standard InChI is InChI=1S/C9H6ClNS/c10-9-3-1-7(2-4-9)8-5-11-12-6-8/h1-6H. The van der Waals surface area contributed by atoms with E-state index in [1.807, 2.05) is 35.8 Å². The highest BCUT2D eigenvalue weighted by Crippen LogP contribution is 2.21. The highest BCUT2D eigenvalue weighted by Gasteiger charge is 1.96. The molecule has 1 nitrogen and oxygen atoms in total. The molecule has 0 aliphatic heterocycles. The molecule has 0 amide bonds. The summed E-state index contributed by atoms with van der Waals surface area (Å²) in [6, 6.07) is 7.75. The molecular weight excluding hydrogens is 190 g/mol. The van der Waals surface area contributed by atoms with Gasteiger partial charge in [-0.15, -0.1) is 0 Å². The first kappa shape index (κ1) is 7.77. The van der Waals surface area contributed by atoms with E-state index in [-0.39, 0.29) is 0 Å². The summed E-state index contributed by atoms with van der Waals surface area (Å²) in [6.45, 7) is 0. The van der Waals surface area contributed by atoms with E-state index < -0.39 is 0 Å². The van der Waals surface area contributed by atoms with Crippen LogP contribution in [0.1, 0.15) is 0 Å². The fourth-order valence-electron chi connectivity index (χ4n) is 0.990. The van der Waals surface area contributed by atoms with E-state index in [2.05, 4.69) is 4.37 Å². The zero-order chi connectivity index (χ0) is 8.39. The van der Waals surface area contributed by atoms with Crippen molar-refractivity contribution >= 4 is 23.1 Å². The van der Waals surface area contributed by atoms with Crippen molar-refractivity contribution in [3.63, 3.8) is 0 Å².